The molecule has 0 aliphatic heterocycles. The van der Waals surface area contributed by atoms with Crippen molar-refractivity contribution < 1.29 is 4.42 Å². The number of rotatable bonds is 3. The van der Waals surface area contributed by atoms with Gasteiger partial charge in [-0.1, -0.05) is 24.3 Å². The van der Waals surface area contributed by atoms with E-state index in [0.29, 0.717) is 12.1 Å². The maximum absolute atomic E-state index is 8.85. The van der Waals surface area contributed by atoms with Gasteiger partial charge in [0.15, 0.2) is 0 Å². The molecule has 3 heteroatoms. The molecule has 0 unspecified atom stereocenters. The average Bonchev–Trinajstić information content (AvgIpc) is 2.88. The fraction of sp³-hybridized carbons (Fsp3) is 0.0625. The minimum atomic E-state index is 0.601. The number of para-hydroxylation sites is 1. The van der Waals surface area contributed by atoms with Gasteiger partial charge in [0.2, 0.25) is 0 Å². The van der Waals surface area contributed by atoms with Crippen LogP contribution in [-0.4, -0.2) is 0 Å². The van der Waals surface area contributed by atoms with Crippen LogP contribution in [0.2, 0.25) is 0 Å². The van der Waals surface area contributed by atoms with Crippen LogP contribution in [0.4, 0.5) is 5.69 Å². The van der Waals surface area contributed by atoms with Gasteiger partial charge in [-0.25, -0.2) is 0 Å². The van der Waals surface area contributed by atoms with E-state index in [4.69, 9.17) is 9.68 Å². The van der Waals surface area contributed by atoms with Gasteiger partial charge in [-0.3, -0.25) is 0 Å². The number of furan rings is 1. The Labute approximate surface area is 111 Å². The number of hydrogen-bond acceptors (Lipinski definition) is 3. The first-order valence-corrected chi connectivity index (χ1v) is 6.07. The lowest BCUT2D eigenvalue weighted by molar-refractivity contribution is 0.559. The first-order valence-electron chi connectivity index (χ1n) is 6.07. The van der Waals surface area contributed by atoms with Gasteiger partial charge in [-0.05, 0) is 30.3 Å². The van der Waals surface area contributed by atoms with Crippen molar-refractivity contribution >= 4 is 16.7 Å². The van der Waals surface area contributed by atoms with Crippen LogP contribution < -0.4 is 5.32 Å². The zero-order valence-corrected chi connectivity index (χ0v) is 10.3. The van der Waals surface area contributed by atoms with E-state index in [-0.39, 0.29) is 0 Å². The van der Waals surface area contributed by atoms with Crippen molar-refractivity contribution in [3.05, 3.63) is 65.9 Å². The molecule has 0 aliphatic rings. The molecule has 3 nitrogen and oxygen atoms in total. The zero-order chi connectivity index (χ0) is 13.1. The predicted molar refractivity (Wildman–Crippen MR) is 74.7 cm³/mol. The van der Waals surface area contributed by atoms with E-state index in [1.54, 1.807) is 6.07 Å². The number of benzene rings is 2. The summed E-state index contributed by atoms with van der Waals surface area (Å²) in [5.41, 5.74) is 2.46. The van der Waals surface area contributed by atoms with Crippen molar-refractivity contribution in [1.82, 2.24) is 0 Å². The van der Waals surface area contributed by atoms with Gasteiger partial charge in [0.05, 0.1) is 18.2 Å². The van der Waals surface area contributed by atoms with Gasteiger partial charge < -0.3 is 9.73 Å². The van der Waals surface area contributed by atoms with Gasteiger partial charge in [-0.15, -0.1) is 0 Å². The largest absolute Gasteiger partial charge is 0.459 e. The van der Waals surface area contributed by atoms with Crippen molar-refractivity contribution in [2.24, 2.45) is 0 Å². The Hall–Kier alpha value is -2.73. The highest BCUT2D eigenvalue weighted by atomic mass is 16.3. The van der Waals surface area contributed by atoms with Crippen molar-refractivity contribution in [2.75, 3.05) is 5.32 Å². The summed E-state index contributed by atoms with van der Waals surface area (Å²) in [5, 5.41) is 13.2. The van der Waals surface area contributed by atoms with Crippen molar-refractivity contribution in [3.8, 4) is 6.07 Å². The fourth-order valence-electron chi connectivity index (χ4n) is 2.01. The minimum Gasteiger partial charge on any atom is -0.459 e. The highest BCUT2D eigenvalue weighted by Gasteiger charge is 2.02. The van der Waals surface area contributed by atoms with Crippen molar-refractivity contribution in [2.45, 2.75) is 6.54 Å². The standard InChI is InChI=1S/C16H12N2O/c17-10-12-4-3-6-14(8-12)18-11-15-9-13-5-1-2-7-16(13)19-15/h1-9,18H,11H2. The van der Waals surface area contributed by atoms with Gasteiger partial charge in [-0.2, -0.15) is 5.26 Å². The molecule has 0 saturated heterocycles. The Balaban J connectivity index is 1.76. The van der Waals surface area contributed by atoms with Crippen LogP contribution in [0.3, 0.4) is 0 Å². The molecule has 1 aromatic heterocycles. The molecule has 0 bridgehead atoms. The van der Waals surface area contributed by atoms with Crippen LogP contribution >= 0.6 is 0 Å². The summed E-state index contributed by atoms with van der Waals surface area (Å²) in [6.45, 7) is 0.601. The quantitative estimate of drug-likeness (QED) is 0.764. The molecule has 0 atom stereocenters. The molecule has 0 radical (unpaired) electrons. The molecule has 1 N–H and O–H groups in total. The molecule has 0 fully saturated rings. The first-order chi connectivity index (χ1) is 9.35. The molecule has 3 rings (SSSR count). The number of hydrogen-bond donors (Lipinski definition) is 1. The minimum absolute atomic E-state index is 0.601. The molecule has 0 spiro atoms. The normalized spacial score (nSPS) is 10.3. The van der Waals surface area contributed by atoms with Gasteiger partial charge in [0, 0.05) is 11.1 Å². The number of nitrogens with zero attached hydrogens (tertiary/aromatic N) is 1. The summed E-state index contributed by atoms with van der Waals surface area (Å²) >= 11 is 0. The molecule has 2 aromatic carbocycles. The van der Waals surface area contributed by atoms with E-state index in [2.05, 4.69) is 11.4 Å². The average molecular weight is 248 g/mol. The molecule has 19 heavy (non-hydrogen) atoms. The Kier molecular flexibility index (Phi) is 2.91. The fourth-order valence-corrected chi connectivity index (χ4v) is 2.01. The highest BCUT2D eigenvalue weighted by molar-refractivity contribution is 5.77. The summed E-state index contributed by atoms with van der Waals surface area (Å²) in [7, 11) is 0. The van der Waals surface area contributed by atoms with Crippen LogP contribution in [0.15, 0.2) is 59.0 Å². The Morgan fingerprint density at radius 3 is 2.79 bits per heavy atom. The van der Waals surface area contributed by atoms with Crippen LogP contribution in [0.5, 0.6) is 0 Å². The summed E-state index contributed by atoms with van der Waals surface area (Å²) in [6.07, 6.45) is 0. The molecule has 92 valence electrons. The molecular formula is C16H12N2O. The van der Waals surface area contributed by atoms with Crippen molar-refractivity contribution in [1.29, 1.82) is 5.26 Å². The van der Waals surface area contributed by atoms with E-state index < -0.39 is 0 Å². The maximum atomic E-state index is 8.85. The van der Waals surface area contributed by atoms with E-state index in [9.17, 15) is 0 Å². The molecule has 3 aromatic rings. The lowest BCUT2D eigenvalue weighted by Crippen LogP contribution is -1.97. The SMILES string of the molecule is N#Cc1cccc(NCc2cc3ccccc3o2)c1. The number of fused-ring (bicyclic) bond motifs is 1. The first kappa shape index (κ1) is 11.4. The number of anilines is 1. The predicted octanol–water partition coefficient (Wildman–Crippen LogP) is 3.92. The molecular weight excluding hydrogens is 236 g/mol. The van der Waals surface area contributed by atoms with Crippen LogP contribution in [-0.2, 0) is 6.54 Å². The van der Waals surface area contributed by atoms with E-state index >= 15 is 0 Å². The number of nitrogens with one attached hydrogen (secondary N) is 1. The lowest BCUT2D eigenvalue weighted by Gasteiger charge is -2.03. The van der Waals surface area contributed by atoms with Crippen LogP contribution in [0.1, 0.15) is 11.3 Å². The van der Waals surface area contributed by atoms with Gasteiger partial charge in [0.1, 0.15) is 11.3 Å². The van der Waals surface area contributed by atoms with E-state index in [0.717, 1.165) is 22.4 Å². The van der Waals surface area contributed by atoms with Crippen molar-refractivity contribution in [3.63, 3.8) is 0 Å². The molecule has 1 heterocycles. The Bertz CT molecular complexity index is 720. The summed E-state index contributed by atoms with van der Waals surface area (Å²) in [5.74, 6) is 0.878. The van der Waals surface area contributed by atoms with E-state index in [1.165, 1.54) is 0 Å². The summed E-state index contributed by atoms with van der Waals surface area (Å²) in [4.78, 5) is 0. The lowest BCUT2D eigenvalue weighted by atomic mass is 10.2. The molecule has 0 saturated carbocycles. The van der Waals surface area contributed by atoms with E-state index in [1.807, 2.05) is 48.5 Å². The second kappa shape index (κ2) is 4.87. The third-order valence-electron chi connectivity index (χ3n) is 2.93. The number of nitriles is 1. The van der Waals surface area contributed by atoms with Crippen LogP contribution in [0, 0.1) is 11.3 Å². The summed E-state index contributed by atoms with van der Waals surface area (Å²) < 4.78 is 5.72. The smallest absolute Gasteiger partial charge is 0.134 e. The van der Waals surface area contributed by atoms with Crippen LogP contribution in [0.25, 0.3) is 11.0 Å². The highest BCUT2D eigenvalue weighted by Crippen LogP contribution is 2.20. The second-order valence-corrected chi connectivity index (χ2v) is 4.30. The molecule has 0 amide bonds. The second-order valence-electron chi connectivity index (χ2n) is 4.30. The monoisotopic (exact) mass is 248 g/mol. The third-order valence-corrected chi connectivity index (χ3v) is 2.93. The Morgan fingerprint density at radius 1 is 1.05 bits per heavy atom. The third kappa shape index (κ3) is 2.43. The van der Waals surface area contributed by atoms with Gasteiger partial charge >= 0.3 is 0 Å². The van der Waals surface area contributed by atoms with Gasteiger partial charge in [0.25, 0.3) is 0 Å². The Morgan fingerprint density at radius 2 is 1.95 bits per heavy atom. The maximum Gasteiger partial charge on any atom is 0.134 e. The summed E-state index contributed by atoms with van der Waals surface area (Å²) in [6, 6.07) is 19.5. The molecule has 0 aliphatic carbocycles. The topological polar surface area (TPSA) is 49.0 Å². The zero-order valence-electron chi connectivity index (χ0n) is 10.3.